The van der Waals surface area contributed by atoms with Crippen LogP contribution in [0.3, 0.4) is 0 Å². The molecule has 3 N–H and O–H groups in total. The maximum Gasteiger partial charge on any atom is 0.320 e. The van der Waals surface area contributed by atoms with Crippen molar-refractivity contribution in [1.82, 2.24) is 10.3 Å². The van der Waals surface area contributed by atoms with Crippen LogP contribution in [0.15, 0.2) is 48.5 Å². The smallest absolute Gasteiger partial charge is 0.320 e. The fraction of sp³-hybridized carbons (Fsp3) is 0.118. The molecule has 0 spiro atoms. The van der Waals surface area contributed by atoms with Gasteiger partial charge in [0.2, 0.25) is 0 Å². The Morgan fingerprint density at radius 3 is 2.67 bits per heavy atom. The highest BCUT2D eigenvalue weighted by molar-refractivity contribution is 5.95. The van der Waals surface area contributed by atoms with E-state index in [-0.39, 0.29) is 12.1 Å². The Bertz CT molecular complexity index is 850. The predicted molar refractivity (Wildman–Crippen MR) is 83.5 cm³/mol. The van der Waals surface area contributed by atoms with E-state index < -0.39 is 0 Å². The van der Waals surface area contributed by atoms with Crippen molar-refractivity contribution in [3.05, 3.63) is 65.4 Å². The fourth-order valence-corrected chi connectivity index (χ4v) is 3.13. The second-order valence-corrected chi connectivity index (χ2v) is 5.33. The zero-order chi connectivity index (χ0) is 14.4. The molecular weight excluding hydrogens is 262 g/mol. The van der Waals surface area contributed by atoms with E-state index >= 15 is 0 Å². The summed E-state index contributed by atoms with van der Waals surface area (Å²) in [5, 5.41) is 7.05. The molecule has 104 valence electrons. The maximum absolute atomic E-state index is 11.9. The number of hydrogen-bond acceptors (Lipinski definition) is 1. The van der Waals surface area contributed by atoms with Gasteiger partial charge < -0.3 is 15.6 Å². The zero-order valence-electron chi connectivity index (χ0n) is 11.6. The SMILES string of the molecule is Cc1[nH]c2ccccc2c1C1NC(=O)Nc2ccccc21. The topological polar surface area (TPSA) is 56.9 Å². The van der Waals surface area contributed by atoms with Gasteiger partial charge in [-0.2, -0.15) is 0 Å². The van der Waals surface area contributed by atoms with E-state index in [2.05, 4.69) is 27.8 Å². The molecular formula is C17H15N3O. The second-order valence-electron chi connectivity index (χ2n) is 5.33. The van der Waals surface area contributed by atoms with Crippen LogP contribution in [-0.4, -0.2) is 11.0 Å². The van der Waals surface area contributed by atoms with Crippen molar-refractivity contribution in [2.75, 3.05) is 5.32 Å². The number of hydrogen-bond donors (Lipinski definition) is 3. The van der Waals surface area contributed by atoms with Gasteiger partial charge in [-0.05, 0) is 19.1 Å². The number of H-pyrrole nitrogens is 1. The van der Waals surface area contributed by atoms with Crippen molar-refractivity contribution >= 4 is 22.6 Å². The largest absolute Gasteiger partial charge is 0.358 e. The Labute approximate surface area is 122 Å². The number of aromatic amines is 1. The minimum atomic E-state index is -0.164. The molecule has 2 heterocycles. The number of aryl methyl sites for hydroxylation is 1. The average Bonchev–Trinajstić information content (AvgIpc) is 2.82. The number of rotatable bonds is 1. The molecule has 1 aliphatic heterocycles. The molecule has 0 saturated carbocycles. The van der Waals surface area contributed by atoms with Gasteiger partial charge in [-0.15, -0.1) is 0 Å². The molecule has 0 aliphatic carbocycles. The number of carbonyl (C=O) groups is 1. The van der Waals surface area contributed by atoms with Gasteiger partial charge in [0, 0.05) is 33.4 Å². The maximum atomic E-state index is 11.9. The third-order valence-electron chi connectivity index (χ3n) is 4.03. The Balaban J connectivity index is 1.97. The Kier molecular flexibility index (Phi) is 2.51. The van der Waals surface area contributed by atoms with Crippen molar-refractivity contribution in [2.45, 2.75) is 13.0 Å². The summed E-state index contributed by atoms with van der Waals surface area (Å²) in [5.74, 6) is 0. The van der Waals surface area contributed by atoms with Crippen LogP contribution in [0.5, 0.6) is 0 Å². The van der Waals surface area contributed by atoms with Crippen LogP contribution in [0.4, 0.5) is 10.5 Å². The van der Waals surface area contributed by atoms with Gasteiger partial charge in [0.15, 0.2) is 0 Å². The fourth-order valence-electron chi connectivity index (χ4n) is 3.13. The lowest BCUT2D eigenvalue weighted by Crippen LogP contribution is -2.38. The van der Waals surface area contributed by atoms with Gasteiger partial charge in [-0.3, -0.25) is 0 Å². The van der Waals surface area contributed by atoms with Crippen molar-refractivity contribution in [3.63, 3.8) is 0 Å². The van der Waals surface area contributed by atoms with Crippen molar-refractivity contribution in [1.29, 1.82) is 0 Å². The Hall–Kier alpha value is -2.75. The van der Waals surface area contributed by atoms with Crippen LogP contribution in [0.25, 0.3) is 10.9 Å². The minimum Gasteiger partial charge on any atom is -0.358 e. The van der Waals surface area contributed by atoms with Gasteiger partial charge in [0.05, 0.1) is 6.04 Å². The molecule has 21 heavy (non-hydrogen) atoms. The number of amides is 2. The third kappa shape index (κ3) is 1.80. The lowest BCUT2D eigenvalue weighted by molar-refractivity contribution is 0.249. The number of para-hydroxylation sites is 2. The standard InChI is InChI=1S/C17H15N3O/c1-10-15(11-6-2-4-8-13(11)18-10)16-12-7-3-5-9-14(12)19-17(21)20-16/h2-9,16,18H,1H3,(H2,19,20,21). The van der Waals surface area contributed by atoms with Gasteiger partial charge in [0.25, 0.3) is 0 Å². The van der Waals surface area contributed by atoms with E-state index in [0.29, 0.717) is 0 Å². The van der Waals surface area contributed by atoms with Crippen molar-refractivity contribution in [2.24, 2.45) is 0 Å². The summed E-state index contributed by atoms with van der Waals surface area (Å²) in [4.78, 5) is 15.3. The summed E-state index contributed by atoms with van der Waals surface area (Å²) in [5.41, 5.74) is 5.27. The van der Waals surface area contributed by atoms with E-state index in [1.807, 2.05) is 43.3 Å². The number of benzene rings is 2. The van der Waals surface area contributed by atoms with E-state index in [9.17, 15) is 4.79 Å². The van der Waals surface area contributed by atoms with Crippen molar-refractivity contribution < 1.29 is 4.79 Å². The van der Waals surface area contributed by atoms with Crippen LogP contribution < -0.4 is 10.6 Å². The molecule has 0 fully saturated rings. The van der Waals surface area contributed by atoms with Gasteiger partial charge in [0.1, 0.15) is 0 Å². The monoisotopic (exact) mass is 277 g/mol. The minimum absolute atomic E-state index is 0.133. The first-order chi connectivity index (χ1) is 10.2. The Morgan fingerprint density at radius 1 is 1.00 bits per heavy atom. The van der Waals surface area contributed by atoms with Crippen molar-refractivity contribution in [3.8, 4) is 0 Å². The van der Waals surface area contributed by atoms with E-state index in [4.69, 9.17) is 0 Å². The van der Waals surface area contributed by atoms with Gasteiger partial charge in [-0.1, -0.05) is 36.4 Å². The first kappa shape index (κ1) is 12.0. The van der Waals surface area contributed by atoms with Crippen LogP contribution in [0, 0.1) is 6.92 Å². The van der Waals surface area contributed by atoms with E-state index in [0.717, 1.165) is 33.4 Å². The van der Waals surface area contributed by atoms with Gasteiger partial charge >= 0.3 is 6.03 Å². The lowest BCUT2D eigenvalue weighted by atomic mass is 9.93. The molecule has 0 saturated heterocycles. The molecule has 1 atom stereocenters. The summed E-state index contributed by atoms with van der Waals surface area (Å²) < 4.78 is 0. The summed E-state index contributed by atoms with van der Waals surface area (Å²) in [6, 6.07) is 15.8. The van der Waals surface area contributed by atoms with Crippen LogP contribution >= 0.6 is 0 Å². The number of carbonyl (C=O) groups excluding carboxylic acids is 1. The number of fused-ring (bicyclic) bond motifs is 2. The predicted octanol–water partition coefficient (Wildman–Crippen LogP) is 3.70. The highest BCUT2D eigenvalue weighted by Gasteiger charge is 2.28. The summed E-state index contributed by atoms with van der Waals surface area (Å²) in [7, 11) is 0. The highest BCUT2D eigenvalue weighted by atomic mass is 16.2. The normalized spacial score (nSPS) is 17.2. The number of aromatic nitrogens is 1. The number of urea groups is 1. The summed E-state index contributed by atoms with van der Waals surface area (Å²) in [6.07, 6.45) is 0. The summed E-state index contributed by atoms with van der Waals surface area (Å²) >= 11 is 0. The molecule has 1 unspecified atom stereocenters. The molecule has 0 bridgehead atoms. The van der Waals surface area contributed by atoms with E-state index in [1.165, 1.54) is 0 Å². The second kappa shape index (κ2) is 4.38. The molecule has 1 aliphatic rings. The highest BCUT2D eigenvalue weighted by Crippen LogP contribution is 2.36. The third-order valence-corrected chi connectivity index (χ3v) is 4.03. The number of anilines is 1. The molecule has 2 aromatic carbocycles. The average molecular weight is 277 g/mol. The molecule has 4 nitrogen and oxygen atoms in total. The molecule has 0 radical (unpaired) electrons. The molecule has 2 amide bonds. The molecule has 3 aromatic rings. The quantitative estimate of drug-likeness (QED) is 0.624. The lowest BCUT2D eigenvalue weighted by Gasteiger charge is -2.27. The van der Waals surface area contributed by atoms with E-state index in [1.54, 1.807) is 0 Å². The zero-order valence-corrected chi connectivity index (χ0v) is 11.6. The molecule has 4 rings (SSSR count). The van der Waals surface area contributed by atoms with Crippen LogP contribution in [-0.2, 0) is 0 Å². The molecule has 4 heteroatoms. The first-order valence-corrected chi connectivity index (χ1v) is 6.97. The number of nitrogens with one attached hydrogen (secondary N) is 3. The van der Waals surface area contributed by atoms with Gasteiger partial charge in [-0.25, -0.2) is 4.79 Å². The molecule has 1 aromatic heterocycles. The van der Waals surface area contributed by atoms with Crippen LogP contribution in [0.1, 0.15) is 22.9 Å². The summed E-state index contributed by atoms with van der Waals surface area (Å²) in [6.45, 7) is 2.05. The first-order valence-electron chi connectivity index (χ1n) is 6.97. The Morgan fingerprint density at radius 2 is 1.76 bits per heavy atom. The van der Waals surface area contributed by atoms with Crippen LogP contribution in [0.2, 0.25) is 0 Å².